The zero-order valence-corrected chi connectivity index (χ0v) is 11.1. The van der Waals surface area contributed by atoms with Crippen LogP contribution in [0.2, 0.25) is 0 Å². The number of amides is 1. The first kappa shape index (κ1) is 15.9. The van der Waals surface area contributed by atoms with Crippen molar-refractivity contribution in [3.05, 3.63) is 35.9 Å². The van der Waals surface area contributed by atoms with Gasteiger partial charge in [0.05, 0.1) is 5.69 Å². The molecule has 4 nitrogen and oxygen atoms in total. The number of hydrogen-bond donors (Lipinski definition) is 1. The van der Waals surface area contributed by atoms with Crippen molar-refractivity contribution in [2.45, 2.75) is 13.3 Å². The number of benzene rings is 1. The molecule has 0 unspecified atom stereocenters. The van der Waals surface area contributed by atoms with Crippen LogP contribution >= 0.6 is 0 Å². The van der Waals surface area contributed by atoms with E-state index in [1.165, 1.54) is 11.0 Å². The first-order valence-corrected chi connectivity index (χ1v) is 5.65. The third-order valence-corrected chi connectivity index (χ3v) is 2.34. The van der Waals surface area contributed by atoms with Crippen molar-refractivity contribution in [3.8, 4) is 5.75 Å². The average molecular weight is 288 g/mol. The molecule has 0 aliphatic heterocycles. The van der Waals surface area contributed by atoms with Crippen LogP contribution < -0.4 is 10.5 Å². The number of halogens is 3. The number of hydrogen-bond acceptors (Lipinski definition) is 3. The maximum absolute atomic E-state index is 12.1. The number of nitrogen functional groups attached to an aromatic ring is 1. The molecule has 0 bridgehead atoms. The van der Waals surface area contributed by atoms with Crippen LogP contribution in [0.1, 0.15) is 17.3 Å². The molecule has 0 fully saturated rings. The van der Waals surface area contributed by atoms with E-state index in [-0.39, 0.29) is 17.2 Å². The molecule has 1 rings (SSSR count). The van der Waals surface area contributed by atoms with E-state index in [1.807, 2.05) is 0 Å². The first-order valence-electron chi connectivity index (χ1n) is 5.65. The van der Waals surface area contributed by atoms with Gasteiger partial charge in [-0.3, -0.25) is 4.79 Å². The molecule has 1 aromatic carbocycles. The molecule has 0 aliphatic rings. The average Bonchev–Trinajstić information content (AvgIpc) is 2.28. The van der Waals surface area contributed by atoms with Crippen LogP contribution in [0.3, 0.4) is 0 Å². The van der Waals surface area contributed by atoms with Crippen LogP contribution in [0.4, 0.5) is 18.9 Å². The van der Waals surface area contributed by atoms with Crippen LogP contribution in [-0.4, -0.2) is 30.8 Å². The van der Waals surface area contributed by atoms with E-state index in [1.54, 1.807) is 14.0 Å². The largest absolute Gasteiger partial charge is 0.573 e. The summed E-state index contributed by atoms with van der Waals surface area (Å²) in [7, 11) is 1.56. The molecule has 0 aromatic heterocycles. The van der Waals surface area contributed by atoms with Gasteiger partial charge in [-0.15, -0.1) is 13.2 Å². The fourth-order valence-corrected chi connectivity index (χ4v) is 1.60. The second-order valence-electron chi connectivity index (χ2n) is 4.42. The molecule has 20 heavy (non-hydrogen) atoms. The lowest BCUT2D eigenvalue weighted by molar-refractivity contribution is -0.274. The van der Waals surface area contributed by atoms with Gasteiger partial charge < -0.3 is 15.4 Å². The smallest absolute Gasteiger partial charge is 0.404 e. The number of carbonyl (C=O) groups is 1. The highest BCUT2D eigenvalue weighted by Crippen LogP contribution is 2.29. The number of nitrogens with zero attached hydrogens (tertiary/aromatic N) is 1. The number of nitrogens with two attached hydrogens (primary N) is 1. The molecule has 1 amide bonds. The molecule has 7 heteroatoms. The van der Waals surface area contributed by atoms with Crippen molar-refractivity contribution < 1.29 is 22.7 Å². The molecule has 0 atom stereocenters. The maximum atomic E-state index is 12.1. The highest BCUT2D eigenvalue weighted by molar-refractivity contribution is 5.95. The lowest BCUT2D eigenvalue weighted by Gasteiger charge is -2.18. The zero-order valence-electron chi connectivity index (χ0n) is 11.1. The van der Waals surface area contributed by atoms with E-state index in [9.17, 15) is 18.0 Å². The SMILES string of the molecule is C=C(C)CN(C)C(=O)c1ccc(OC(F)(F)F)c(N)c1. The monoisotopic (exact) mass is 288 g/mol. The molecular weight excluding hydrogens is 273 g/mol. The van der Waals surface area contributed by atoms with Gasteiger partial charge in [0.2, 0.25) is 0 Å². The third kappa shape index (κ3) is 4.49. The normalized spacial score (nSPS) is 11.1. The van der Waals surface area contributed by atoms with Crippen molar-refractivity contribution in [1.82, 2.24) is 4.90 Å². The second-order valence-corrected chi connectivity index (χ2v) is 4.42. The molecule has 2 N–H and O–H groups in total. The van der Waals surface area contributed by atoms with Crippen molar-refractivity contribution in [2.24, 2.45) is 0 Å². The van der Waals surface area contributed by atoms with E-state index in [2.05, 4.69) is 11.3 Å². The Bertz CT molecular complexity index is 527. The molecule has 0 saturated heterocycles. The summed E-state index contributed by atoms with van der Waals surface area (Å²) < 4.78 is 40.0. The summed E-state index contributed by atoms with van der Waals surface area (Å²) in [4.78, 5) is 13.4. The molecule has 1 aromatic rings. The van der Waals surface area contributed by atoms with Crippen molar-refractivity contribution in [3.63, 3.8) is 0 Å². The fourth-order valence-electron chi connectivity index (χ4n) is 1.60. The van der Waals surface area contributed by atoms with Crippen LogP contribution in [0.15, 0.2) is 30.4 Å². The predicted octanol–water partition coefficient (Wildman–Crippen LogP) is 2.82. The Balaban J connectivity index is 2.92. The molecule has 0 heterocycles. The Morgan fingerprint density at radius 2 is 2.05 bits per heavy atom. The molecule has 0 spiro atoms. The van der Waals surface area contributed by atoms with Gasteiger partial charge in [-0.25, -0.2) is 0 Å². The minimum Gasteiger partial charge on any atom is -0.404 e. The van der Waals surface area contributed by atoms with Gasteiger partial charge in [-0.2, -0.15) is 0 Å². The summed E-state index contributed by atoms with van der Waals surface area (Å²) in [5, 5.41) is 0. The number of likely N-dealkylation sites (N-methyl/N-ethyl adjacent to an activating group) is 1. The minimum atomic E-state index is -4.82. The summed E-state index contributed by atoms with van der Waals surface area (Å²) in [6.45, 7) is 5.79. The van der Waals surface area contributed by atoms with Gasteiger partial charge in [0.15, 0.2) is 5.75 Å². The zero-order chi connectivity index (χ0) is 15.5. The summed E-state index contributed by atoms with van der Waals surface area (Å²) in [6.07, 6.45) is -4.82. The van der Waals surface area contributed by atoms with E-state index in [0.717, 1.165) is 17.7 Å². The molecule has 110 valence electrons. The topological polar surface area (TPSA) is 55.6 Å². The Kier molecular flexibility index (Phi) is 4.65. The van der Waals surface area contributed by atoms with Gasteiger partial charge in [0, 0.05) is 19.2 Å². The van der Waals surface area contributed by atoms with E-state index in [0.29, 0.717) is 6.54 Å². The van der Waals surface area contributed by atoms with Crippen LogP contribution in [0.25, 0.3) is 0 Å². The number of ether oxygens (including phenoxy) is 1. The number of anilines is 1. The summed E-state index contributed by atoms with van der Waals surface area (Å²) in [5.41, 5.74) is 6.17. The van der Waals surface area contributed by atoms with Gasteiger partial charge in [-0.05, 0) is 25.1 Å². The van der Waals surface area contributed by atoms with Crippen molar-refractivity contribution in [1.29, 1.82) is 0 Å². The Morgan fingerprint density at radius 3 is 2.50 bits per heavy atom. The number of alkyl halides is 3. The van der Waals surface area contributed by atoms with E-state index < -0.39 is 12.1 Å². The Labute approximate surface area is 114 Å². The highest BCUT2D eigenvalue weighted by atomic mass is 19.4. The van der Waals surface area contributed by atoms with Gasteiger partial charge in [0.25, 0.3) is 5.91 Å². The second kappa shape index (κ2) is 5.85. The van der Waals surface area contributed by atoms with Crippen LogP contribution in [-0.2, 0) is 0 Å². The summed E-state index contributed by atoms with van der Waals surface area (Å²) >= 11 is 0. The van der Waals surface area contributed by atoms with E-state index >= 15 is 0 Å². The van der Waals surface area contributed by atoms with Crippen molar-refractivity contribution >= 4 is 11.6 Å². The fraction of sp³-hybridized carbons (Fsp3) is 0.308. The number of carbonyl (C=O) groups excluding carboxylic acids is 1. The summed E-state index contributed by atoms with van der Waals surface area (Å²) in [6, 6.07) is 3.40. The van der Waals surface area contributed by atoms with Crippen molar-refractivity contribution in [2.75, 3.05) is 19.3 Å². The minimum absolute atomic E-state index is 0.181. The molecular formula is C13H15F3N2O2. The maximum Gasteiger partial charge on any atom is 0.573 e. The summed E-state index contributed by atoms with van der Waals surface area (Å²) in [5.74, 6) is -0.894. The third-order valence-electron chi connectivity index (χ3n) is 2.34. The van der Waals surface area contributed by atoms with Crippen LogP contribution in [0.5, 0.6) is 5.75 Å². The van der Waals surface area contributed by atoms with Gasteiger partial charge in [-0.1, -0.05) is 12.2 Å². The molecule has 0 radical (unpaired) electrons. The lowest BCUT2D eigenvalue weighted by Crippen LogP contribution is -2.28. The highest BCUT2D eigenvalue weighted by Gasteiger charge is 2.32. The Hall–Kier alpha value is -2.18. The Morgan fingerprint density at radius 1 is 1.45 bits per heavy atom. The van der Waals surface area contributed by atoms with Gasteiger partial charge >= 0.3 is 6.36 Å². The quantitative estimate of drug-likeness (QED) is 0.684. The number of rotatable bonds is 4. The standard InChI is InChI=1S/C13H15F3N2O2/c1-8(2)7-18(3)12(19)9-4-5-11(10(17)6-9)20-13(14,15)16/h4-6H,1,7,17H2,2-3H3. The molecule has 0 saturated carbocycles. The van der Waals surface area contributed by atoms with Crippen LogP contribution in [0, 0.1) is 0 Å². The van der Waals surface area contributed by atoms with Gasteiger partial charge in [0.1, 0.15) is 0 Å². The first-order chi connectivity index (χ1) is 9.10. The predicted molar refractivity (Wildman–Crippen MR) is 69.3 cm³/mol. The van der Waals surface area contributed by atoms with E-state index in [4.69, 9.17) is 5.73 Å². The molecule has 0 aliphatic carbocycles. The lowest BCUT2D eigenvalue weighted by atomic mass is 10.1.